The van der Waals surface area contributed by atoms with Crippen LogP contribution in [0.3, 0.4) is 0 Å². The van der Waals surface area contributed by atoms with Crippen LogP contribution in [0.2, 0.25) is 0 Å². The first-order valence-corrected chi connectivity index (χ1v) is 8.96. The predicted molar refractivity (Wildman–Crippen MR) is 105 cm³/mol. The normalized spacial score (nSPS) is 12.2. The molecule has 0 aromatic heterocycles. The van der Waals surface area contributed by atoms with Crippen molar-refractivity contribution in [1.82, 2.24) is 0 Å². The quantitative estimate of drug-likeness (QED) is 0.586. The van der Waals surface area contributed by atoms with Gasteiger partial charge in [0.25, 0.3) is 5.91 Å². The van der Waals surface area contributed by atoms with Gasteiger partial charge in [0.2, 0.25) is 0 Å². The molecule has 28 heavy (non-hydrogen) atoms. The molecular weight excluding hydrogens is 354 g/mol. The lowest BCUT2D eigenvalue weighted by Crippen LogP contribution is -2.23. The van der Waals surface area contributed by atoms with Crippen molar-refractivity contribution in [1.29, 1.82) is 0 Å². The summed E-state index contributed by atoms with van der Waals surface area (Å²) in [5, 5.41) is 2.77. The Morgan fingerprint density at radius 1 is 0.857 bits per heavy atom. The lowest BCUT2D eigenvalue weighted by molar-refractivity contribution is 0.0978. The number of ether oxygens (including phenoxy) is 1. The maximum Gasteiger partial charge on any atom is 0.255 e. The first-order valence-electron chi connectivity index (χ1n) is 8.96. The zero-order valence-electron chi connectivity index (χ0n) is 15.2. The molecule has 0 bridgehead atoms. The molecule has 138 valence electrons. The van der Waals surface area contributed by atoms with Crippen LogP contribution in [-0.4, -0.2) is 24.1 Å². The van der Waals surface area contributed by atoms with Gasteiger partial charge in [0.05, 0.1) is 17.9 Å². The van der Waals surface area contributed by atoms with Crippen LogP contribution in [0.15, 0.2) is 66.7 Å². The van der Waals surface area contributed by atoms with Crippen molar-refractivity contribution in [2.75, 3.05) is 11.9 Å². The Labute approximate surface area is 162 Å². The molecule has 4 rings (SSSR count). The predicted octanol–water partition coefficient (Wildman–Crippen LogP) is 4.11. The fourth-order valence-corrected chi connectivity index (χ4v) is 3.34. The maximum absolute atomic E-state index is 13.0. The molecule has 1 aliphatic carbocycles. The van der Waals surface area contributed by atoms with Gasteiger partial charge in [0, 0.05) is 22.3 Å². The van der Waals surface area contributed by atoms with E-state index in [-0.39, 0.29) is 23.0 Å². The van der Waals surface area contributed by atoms with Crippen LogP contribution >= 0.6 is 0 Å². The Morgan fingerprint density at radius 2 is 1.54 bits per heavy atom. The Balaban J connectivity index is 1.71. The molecule has 1 amide bonds. The molecular formula is C23H17NO4. The lowest BCUT2D eigenvalue weighted by atomic mass is 9.83. The molecule has 3 aromatic carbocycles. The Kier molecular flexibility index (Phi) is 4.49. The molecule has 0 aliphatic heterocycles. The van der Waals surface area contributed by atoms with Gasteiger partial charge in [-0.15, -0.1) is 0 Å². The summed E-state index contributed by atoms with van der Waals surface area (Å²) in [4.78, 5) is 38.5. The summed E-state index contributed by atoms with van der Waals surface area (Å²) in [6.07, 6.45) is 0. The van der Waals surface area contributed by atoms with Gasteiger partial charge < -0.3 is 10.1 Å². The topological polar surface area (TPSA) is 72.5 Å². The number of ketones is 2. The molecule has 0 saturated carbocycles. The summed E-state index contributed by atoms with van der Waals surface area (Å²) in [5.41, 5.74) is 1.97. The van der Waals surface area contributed by atoms with Crippen molar-refractivity contribution in [3.63, 3.8) is 0 Å². The van der Waals surface area contributed by atoms with E-state index in [1.165, 1.54) is 0 Å². The average Bonchev–Trinajstić information content (AvgIpc) is 2.72. The highest BCUT2D eigenvalue weighted by molar-refractivity contribution is 6.30. The second-order valence-corrected chi connectivity index (χ2v) is 6.35. The van der Waals surface area contributed by atoms with Crippen LogP contribution in [0.5, 0.6) is 5.75 Å². The van der Waals surface area contributed by atoms with Crippen LogP contribution in [-0.2, 0) is 0 Å². The minimum Gasteiger partial charge on any atom is -0.494 e. The van der Waals surface area contributed by atoms with Gasteiger partial charge in [-0.05, 0) is 31.2 Å². The highest BCUT2D eigenvalue weighted by atomic mass is 16.5. The summed E-state index contributed by atoms with van der Waals surface area (Å²) < 4.78 is 5.43. The monoisotopic (exact) mass is 371 g/mol. The van der Waals surface area contributed by atoms with Gasteiger partial charge in [0.1, 0.15) is 5.75 Å². The molecule has 0 atom stereocenters. The number of anilines is 1. The number of rotatable bonds is 4. The van der Waals surface area contributed by atoms with Gasteiger partial charge in [-0.25, -0.2) is 0 Å². The fraction of sp³-hybridized carbons (Fsp3) is 0.0870. The number of benzene rings is 3. The number of hydrogen-bond acceptors (Lipinski definition) is 4. The van der Waals surface area contributed by atoms with E-state index in [1.807, 2.05) is 6.92 Å². The summed E-state index contributed by atoms with van der Waals surface area (Å²) in [6, 6.07) is 18.4. The zero-order chi connectivity index (χ0) is 19.7. The summed E-state index contributed by atoms with van der Waals surface area (Å²) in [5.74, 6) is -0.289. The van der Waals surface area contributed by atoms with Crippen LogP contribution in [0.1, 0.15) is 49.1 Å². The number of amides is 1. The average molecular weight is 371 g/mol. The van der Waals surface area contributed by atoms with Gasteiger partial charge in [-0.3, -0.25) is 14.4 Å². The minimum atomic E-state index is -0.380. The molecule has 0 heterocycles. The van der Waals surface area contributed by atoms with Crippen LogP contribution in [0.4, 0.5) is 5.69 Å². The van der Waals surface area contributed by atoms with Gasteiger partial charge >= 0.3 is 0 Å². The molecule has 1 aliphatic rings. The fourth-order valence-electron chi connectivity index (χ4n) is 3.34. The Bertz CT molecular complexity index is 1120. The van der Waals surface area contributed by atoms with E-state index in [0.717, 1.165) is 0 Å². The molecule has 5 nitrogen and oxygen atoms in total. The molecule has 3 aromatic rings. The van der Waals surface area contributed by atoms with Gasteiger partial charge in [-0.2, -0.15) is 0 Å². The highest BCUT2D eigenvalue weighted by Crippen LogP contribution is 2.32. The SMILES string of the molecule is CCOc1cccc(C(=O)Nc2cccc3c2C(=O)c2ccccc2C3=O)c1. The molecule has 0 unspecified atom stereocenters. The number of hydrogen-bond donors (Lipinski definition) is 1. The first-order chi connectivity index (χ1) is 13.6. The largest absolute Gasteiger partial charge is 0.494 e. The standard InChI is InChI=1S/C23H17NO4/c1-2-28-15-8-5-7-14(13-15)23(27)24-19-12-6-11-18-20(19)22(26)17-10-4-3-9-16(17)21(18)25/h3-13H,2H2,1H3,(H,24,27). The van der Waals surface area contributed by atoms with Crippen molar-refractivity contribution in [3.05, 3.63) is 94.5 Å². The van der Waals surface area contributed by atoms with E-state index in [1.54, 1.807) is 66.7 Å². The minimum absolute atomic E-state index is 0.223. The van der Waals surface area contributed by atoms with Crippen LogP contribution in [0, 0.1) is 0 Å². The van der Waals surface area contributed by atoms with Crippen LogP contribution < -0.4 is 10.1 Å². The third-order valence-electron chi connectivity index (χ3n) is 4.61. The maximum atomic E-state index is 13.0. The molecule has 5 heteroatoms. The first kappa shape index (κ1) is 17.7. The van der Waals surface area contributed by atoms with E-state index in [0.29, 0.717) is 40.3 Å². The van der Waals surface area contributed by atoms with Crippen LogP contribution in [0.25, 0.3) is 0 Å². The summed E-state index contributed by atoms with van der Waals surface area (Å²) in [6.45, 7) is 2.36. The zero-order valence-corrected chi connectivity index (χ0v) is 15.2. The molecule has 1 N–H and O–H groups in total. The third-order valence-corrected chi connectivity index (χ3v) is 4.61. The second kappa shape index (κ2) is 7.12. The van der Waals surface area contributed by atoms with E-state index in [2.05, 4.69) is 5.32 Å². The van der Waals surface area contributed by atoms with E-state index < -0.39 is 0 Å². The van der Waals surface area contributed by atoms with Crippen molar-refractivity contribution < 1.29 is 19.1 Å². The molecule has 0 spiro atoms. The Hall–Kier alpha value is -3.73. The lowest BCUT2D eigenvalue weighted by Gasteiger charge is -2.20. The highest BCUT2D eigenvalue weighted by Gasteiger charge is 2.31. The smallest absolute Gasteiger partial charge is 0.255 e. The van der Waals surface area contributed by atoms with Gasteiger partial charge in [0.15, 0.2) is 11.6 Å². The van der Waals surface area contributed by atoms with E-state index >= 15 is 0 Å². The van der Waals surface area contributed by atoms with Gasteiger partial charge in [-0.1, -0.05) is 42.5 Å². The number of carbonyl (C=O) groups is 3. The third kappa shape index (κ3) is 2.97. The van der Waals surface area contributed by atoms with Crippen molar-refractivity contribution >= 4 is 23.2 Å². The second-order valence-electron chi connectivity index (χ2n) is 6.35. The molecule has 0 fully saturated rings. The number of nitrogens with one attached hydrogen (secondary N) is 1. The molecule has 0 saturated heterocycles. The number of carbonyl (C=O) groups excluding carboxylic acids is 3. The van der Waals surface area contributed by atoms with Crippen molar-refractivity contribution in [2.24, 2.45) is 0 Å². The summed E-state index contributed by atoms with van der Waals surface area (Å²) in [7, 11) is 0. The Morgan fingerprint density at radius 3 is 2.29 bits per heavy atom. The van der Waals surface area contributed by atoms with E-state index in [4.69, 9.17) is 4.74 Å². The molecule has 0 radical (unpaired) electrons. The van der Waals surface area contributed by atoms with Crippen molar-refractivity contribution in [3.8, 4) is 5.75 Å². The van der Waals surface area contributed by atoms with Crippen molar-refractivity contribution in [2.45, 2.75) is 6.92 Å². The summed E-state index contributed by atoms with van der Waals surface area (Å²) >= 11 is 0. The van der Waals surface area contributed by atoms with E-state index in [9.17, 15) is 14.4 Å². The number of fused-ring (bicyclic) bond motifs is 2.